The smallest absolute Gasteiger partial charge is 0.191 e. The molecule has 6 nitrogen and oxygen atoms in total. The number of guanidine groups is 1. The minimum Gasteiger partial charge on any atom is -0.489 e. The monoisotopic (exact) mass is 403 g/mol. The Kier molecular flexibility index (Phi) is 8.32. The molecule has 28 heavy (non-hydrogen) atoms. The standard InChI is InChI=1S/C21H29N3O3S/c1-17-10-7-8-13-20(17)27-18(2)16-24-21(22-3)23-14-9-15-28(25,26)19-11-5-4-6-12-19/h4-8,10-13,18H,9,14-16H2,1-3H3,(H2,22,23,24). The van der Waals surface area contributed by atoms with Crippen molar-refractivity contribution in [2.24, 2.45) is 4.99 Å². The molecule has 0 saturated carbocycles. The van der Waals surface area contributed by atoms with Gasteiger partial charge in [-0.15, -0.1) is 0 Å². The summed E-state index contributed by atoms with van der Waals surface area (Å²) in [5.41, 5.74) is 1.09. The maximum atomic E-state index is 12.3. The zero-order valence-corrected chi connectivity index (χ0v) is 17.5. The summed E-state index contributed by atoms with van der Waals surface area (Å²) in [4.78, 5) is 4.53. The lowest BCUT2D eigenvalue weighted by Gasteiger charge is -2.18. The number of aryl methyl sites for hydroxylation is 1. The highest BCUT2D eigenvalue weighted by atomic mass is 32.2. The second kappa shape index (κ2) is 10.7. The van der Waals surface area contributed by atoms with Crippen molar-refractivity contribution in [1.29, 1.82) is 0 Å². The molecule has 0 fully saturated rings. The molecule has 2 N–H and O–H groups in total. The second-order valence-corrected chi connectivity index (χ2v) is 8.67. The van der Waals surface area contributed by atoms with Gasteiger partial charge in [-0.25, -0.2) is 8.42 Å². The van der Waals surface area contributed by atoms with Gasteiger partial charge in [-0.3, -0.25) is 4.99 Å². The Morgan fingerprint density at radius 1 is 1.07 bits per heavy atom. The Bertz CT molecular complexity index is 867. The summed E-state index contributed by atoms with van der Waals surface area (Å²) in [6, 6.07) is 16.4. The van der Waals surface area contributed by atoms with Crippen LogP contribution in [0.5, 0.6) is 5.75 Å². The molecule has 2 rings (SSSR count). The van der Waals surface area contributed by atoms with Crippen molar-refractivity contribution in [3.05, 3.63) is 60.2 Å². The topological polar surface area (TPSA) is 79.8 Å². The Morgan fingerprint density at radius 3 is 2.43 bits per heavy atom. The molecule has 0 spiro atoms. The van der Waals surface area contributed by atoms with Crippen molar-refractivity contribution in [3.63, 3.8) is 0 Å². The van der Waals surface area contributed by atoms with Gasteiger partial charge in [0.2, 0.25) is 0 Å². The predicted molar refractivity (Wildman–Crippen MR) is 114 cm³/mol. The molecule has 0 saturated heterocycles. The lowest BCUT2D eigenvalue weighted by molar-refractivity contribution is 0.222. The van der Waals surface area contributed by atoms with Crippen LogP contribution in [-0.4, -0.2) is 46.4 Å². The van der Waals surface area contributed by atoms with E-state index in [-0.39, 0.29) is 11.9 Å². The number of benzene rings is 2. The maximum Gasteiger partial charge on any atom is 0.191 e. The Balaban J connectivity index is 1.72. The van der Waals surface area contributed by atoms with E-state index in [1.807, 2.05) is 38.1 Å². The minimum absolute atomic E-state index is 0.0434. The van der Waals surface area contributed by atoms with Crippen LogP contribution in [0.2, 0.25) is 0 Å². The van der Waals surface area contributed by atoms with Crippen LogP contribution in [0.25, 0.3) is 0 Å². The Labute approximate surface area is 168 Å². The van der Waals surface area contributed by atoms with Gasteiger partial charge in [0.15, 0.2) is 15.8 Å². The van der Waals surface area contributed by atoms with Gasteiger partial charge in [0, 0.05) is 13.6 Å². The van der Waals surface area contributed by atoms with Gasteiger partial charge in [0.1, 0.15) is 11.9 Å². The number of sulfone groups is 1. The molecular formula is C21H29N3O3S. The van der Waals surface area contributed by atoms with E-state index in [0.717, 1.165) is 11.3 Å². The SMILES string of the molecule is CN=C(NCCCS(=O)(=O)c1ccccc1)NCC(C)Oc1ccccc1C. The van der Waals surface area contributed by atoms with Crippen LogP contribution < -0.4 is 15.4 Å². The predicted octanol–water partition coefficient (Wildman–Crippen LogP) is 2.79. The highest BCUT2D eigenvalue weighted by Crippen LogP contribution is 2.17. The van der Waals surface area contributed by atoms with E-state index in [4.69, 9.17) is 4.74 Å². The van der Waals surface area contributed by atoms with E-state index >= 15 is 0 Å². The number of hydrogen-bond acceptors (Lipinski definition) is 4. The van der Waals surface area contributed by atoms with Crippen molar-refractivity contribution in [3.8, 4) is 5.75 Å². The van der Waals surface area contributed by atoms with Gasteiger partial charge in [-0.2, -0.15) is 0 Å². The number of nitrogens with zero attached hydrogens (tertiary/aromatic N) is 1. The van der Waals surface area contributed by atoms with Crippen molar-refractivity contribution >= 4 is 15.8 Å². The van der Waals surface area contributed by atoms with Gasteiger partial charge in [-0.1, -0.05) is 36.4 Å². The molecule has 2 aromatic rings. The first-order valence-electron chi connectivity index (χ1n) is 9.37. The van der Waals surface area contributed by atoms with Gasteiger partial charge in [0.25, 0.3) is 0 Å². The molecule has 7 heteroatoms. The fraction of sp³-hybridized carbons (Fsp3) is 0.381. The van der Waals surface area contributed by atoms with Gasteiger partial charge < -0.3 is 15.4 Å². The normalized spacial score (nSPS) is 13.0. The fourth-order valence-corrected chi connectivity index (χ4v) is 3.95. The van der Waals surface area contributed by atoms with Crippen LogP contribution in [-0.2, 0) is 9.84 Å². The quantitative estimate of drug-likeness (QED) is 0.382. The summed E-state index contributed by atoms with van der Waals surface area (Å²) in [5, 5.41) is 6.35. The summed E-state index contributed by atoms with van der Waals surface area (Å²) < 4.78 is 30.5. The van der Waals surface area contributed by atoms with E-state index in [1.54, 1.807) is 37.4 Å². The highest BCUT2D eigenvalue weighted by Gasteiger charge is 2.13. The van der Waals surface area contributed by atoms with Crippen molar-refractivity contribution in [2.45, 2.75) is 31.3 Å². The van der Waals surface area contributed by atoms with Crippen LogP contribution in [0.1, 0.15) is 18.9 Å². The number of hydrogen-bond donors (Lipinski definition) is 2. The second-order valence-electron chi connectivity index (χ2n) is 6.56. The zero-order valence-electron chi connectivity index (χ0n) is 16.7. The van der Waals surface area contributed by atoms with Crippen LogP contribution in [0.4, 0.5) is 0 Å². The molecule has 0 aliphatic carbocycles. The van der Waals surface area contributed by atoms with Gasteiger partial charge in [-0.05, 0) is 44.0 Å². The summed E-state index contributed by atoms with van der Waals surface area (Å²) in [7, 11) is -1.57. The molecule has 0 amide bonds. The van der Waals surface area contributed by atoms with E-state index in [2.05, 4.69) is 15.6 Å². The molecular weight excluding hydrogens is 374 g/mol. The number of aliphatic imine (C=N–C) groups is 1. The van der Waals surface area contributed by atoms with Crippen LogP contribution in [0.15, 0.2) is 64.5 Å². The van der Waals surface area contributed by atoms with Crippen molar-refractivity contribution in [2.75, 3.05) is 25.9 Å². The molecule has 0 aliphatic heterocycles. The van der Waals surface area contributed by atoms with Crippen molar-refractivity contribution < 1.29 is 13.2 Å². The number of para-hydroxylation sites is 1. The van der Waals surface area contributed by atoms with Gasteiger partial charge >= 0.3 is 0 Å². The van der Waals surface area contributed by atoms with Crippen LogP contribution in [0.3, 0.4) is 0 Å². The zero-order chi connectivity index (χ0) is 20.4. The third kappa shape index (κ3) is 6.88. The number of rotatable bonds is 9. The molecule has 0 aliphatic rings. The Morgan fingerprint density at radius 2 is 1.75 bits per heavy atom. The largest absolute Gasteiger partial charge is 0.489 e. The van der Waals surface area contributed by atoms with E-state index in [1.165, 1.54) is 0 Å². The third-order valence-electron chi connectivity index (χ3n) is 4.19. The molecule has 0 heterocycles. The van der Waals surface area contributed by atoms with E-state index < -0.39 is 9.84 Å². The lowest BCUT2D eigenvalue weighted by atomic mass is 10.2. The van der Waals surface area contributed by atoms with E-state index in [0.29, 0.717) is 30.4 Å². The molecule has 0 aromatic heterocycles. The first kappa shape index (κ1) is 21.8. The molecule has 2 aromatic carbocycles. The van der Waals surface area contributed by atoms with Crippen LogP contribution in [0, 0.1) is 6.92 Å². The molecule has 0 radical (unpaired) electrons. The summed E-state index contributed by atoms with van der Waals surface area (Å²) in [6.45, 7) is 5.09. The minimum atomic E-state index is -3.25. The lowest BCUT2D eigenvalue weighted by Crippen LogP contribution is -2.42. The number of ether oxygens (including phenoxy) is 1. The molecule has 1 atom stereocenters. The first-order chi connectivity index (χ1) is 13.4. The van der Waals surface area contributed by atoms with Crippen molar-refractivity contribution in [1.82, 2.24) is 10.6 Å². The highest BCUT2D eigenvalue weighted by molar-refractivity contribution is 7.91. The third-order valence-corrected chi connectivity index (χ3v) is 6.00. The maximum absolute atomic E-state index is 12.3. The first-order valence-corrected chi connectivity index (χ1v) is 11.0. The fourth-order valence-electron chi connectivity index (χ4n) is 2.62. The summed E-state index contributed by atoms with van der Waals surface area (Å²) >= 11 is 0. The molecule has 0 bridgehead atoms. The molecule has 1 unspecified atom stereocenters. The Hall–Kier alpha value is -2.54. The van der Waals surface area contributed by atoms with E-state index in [9.17, 15) is 8.42 Å². The van der Waals surface area contributed by atoms with Crippen LogP contribution >= 0.6 is 0 Å². The average Bonchev–Trinajstić information content (AvgIpc) is 2.70. The summed E-state index contributed by atoms with van der Waals surface area (Å²) in [5.74, 6) is 1.58. The number of nitrogens with one attached hydrogen (secondary N) is 2. The average molecular weight is 404 g/mol. The molecule has 152 valence electrons. The summed E-state index contributed by atoms with van der Waals surface area (Å²) in [6.07, 6.45) is 0.450. The van der Waals surface area contributed by atoms with Gasteiger partial charge in [0.05, 0.1) is 17.2 Å².